The van der Waals surface area contributed by atoms with Crippen molar-refractivity contribution in [3.05, 3.63) is 41.5 Å². The molecule has 14 heteroatoms. The van der Waals surface area contributed by atoms with Crippen LogP contribution in [0.1, 0.15) is 43.8 Å². The number of phenols is 1. The number of anilines is 1. The van der Waals surface area contributed by atoms with Gasteiger partial charge >= 0.3 is 6.01 Å². The van der Waals surface area contributed by atoms with Crippen molar-refractivity contribution < 1.29 is 46.1 Å². The van der Waals surface area contributed by atoms with Crippen molar-refractivity contribution in [2.45, 2.75) is 52.6 Å². The zero-order valence-corrected chi connectivity index (χ0v) is 28.4. The van der Waals surface area contributed by atoms with E-state index in [0.29, 0.717) is 10.8 Å². The van der Waals surface area contributed by atoms with E-state index in [2.05, 4.69) is 15.0 Å². The van der Waals surface area contributed by atoms with Gasteiger partial charge in [0.05, 0.1) is 33.0 Å². The molecule has 270 valence electrons. The summed E-state index contributed by atoms with van der Waals surface area (Å²) in [5, 5.41) is 22.6. The lowest BCUT2D eigenvalue weighted by molar-refractivity contribution is -0.0679. The Labute approximate surface area is 292 Å². The first-order chi connectivity index (χ1) is 25.0. The molecule has 0 unspecified atom stereocenters. The first-order valence-corrected chi connectivity index (χ1v) is 16.7. The molecule has 6 rings (SSSR count). The number of piperidine rings is 1. The number of aromatic hydroxyl groups is 1. The van der Waals surface area contributed by atoms with Gasteiger partial charge in [0.2, 0.25) is 12.3 Å². The second-order valence-electron chi connectivity index (χ2n) is 13.6. The second kappa shape index (κ2) is 14.0. The molecule has 10 nitrogen and oxygen atoms in total. The SMILES string of the molecule is [2H]C([2H])([2H])N1CC[C@H](C(F)F)[C@](C)(COc2nc(N3CCOC[C@@](C)(O)C3)c3c(OCC)nc(-c4cc(O)cc5ccc(F)c(CC)c45)c(F)c3n2)C1. The third-order valence-corrected chi connectivity index (χ3v) is 9.50. The Balaban J connectivity index is 1.58. The third kappa shape index (κ3) is 6.84. The number of benzene rings is 2. The highest BCUT2D eigenvalue weighted by Gasteiger charge is 2.44. The normalized spacial score (nSPS) is 24.6. The van der Waals surface area contributed by atoms with Crippen molar-refractivity contribution in [2.24, 2.45) is 11.3 Å². The van der Waals surface area contributed by atoms with E-state index >= 15 is 8.78 Å². The molecule has 0 aliphatic carbocycles. The number of β-amino-alcohol motifs (C(OH)–C–C–N with tert-alkyl or cyclic N) is 1. The van der Waals surface area contributed by atoms with Crippen molar-refractivity contribution in [1.82, 2.24) is 19.9 Å². The van der Waals surface area contributed by atoms with E-state index in [1.807, 2.05) is 0 Å². The minimum absolute atomic E-state index is 0.000786. The molecule has 3 atom stereocenters. The van der Waals surface area contributed by atoms with Crippen molar-refractivity contribution in [3.63, 3.8) is 0 Å². The fraction of sp³-hybridized carbons (Fsp3) is 0.528. The van der Waals surface area contributed by atoms with Gasteiger partial charge in [0.15, 0.2) is 5.82 Å². The van der Waals surface area contributed by atoms with E-state index < -0.39 is 54.6 Å². The van der Waals surface area contributed by atoms with Crippen LogP contribution >= 0.6 is 0 Å². The van der Waals surface area contributed by atoms with Gasteiger partial charge in [-0.3, -0.25) is 0 Å². The molecule has 2 aliphatic rings. The number of ether oxygens (including phenoxy) is 3. The van der Waals surface area contributed by atoms with E-state index in [1.54, 1.807) is 25.7 Å². The topological polar surface area (TPSA) is 113 Å². The van der Waals surface area contributed by atoms with Crippen LogP contribution < -0.4 is 14.4 Å². The average molecular weight is 705 g/mol. The van der Waals surface area contributed by atoms with Crippen LogP contribution in [0.15, 0.2) is 24.3 Å². The number of aryl methyl sites for hydroxylation is 1. The quantitative estimate of drug-likeness (QED) is 0.202. The zero-order valence-electron chi connectivity index (χ0n) is 31.4. The van der Waals surface area contributed by atoms with Gasteiger partial charge in [0.1, 0.15) is 39.6 Å². The Hall–Kier alpha value is -4.01. The van der Waals surface area contributed by atoms with Gasteiger partial charge in [0.25, 0.3) is 0 Å². The van der Waals surface area contributed by atoms with Crippen molar-refractivity contribution in [1.29, 1.82) is 0 Å². The zero-order chi connectivity index (χ0) is 38.5. The monoisotopic (exact) mass is 704 g/mol. The number of phenolic OH excluding ortho intramolecular Hbond substituents is 1. The Morgan fingerprint density at radius 2 is 1.88 bits per heavy atom. The number of likely N-dealkylation sites (tertiary alicyclic amines) is 1. The molecule has 0 radical (unpaired) electrons. The third-order valence-electron chi connectivity index (χ3n) is 9.50. The molecule has 0 saturated carbocycles. The number of pyridine rings is 1. The van der Waals surface area contributed by atoms with Crippen molar-refractivity contribution in [2.75, 3.05) is 64.5 Å². The van der Waals surface area contributed by atoms with Gasteiger partial charge < -0.3 is 34.2 Å². The molecule has 0 bridgehead atoms. The Bertz CT molecular complexity index is 2010. The molecular formula is C36H43F4N5O5. The largest absolute Gasteiger partial charge is 0.508 e. The van der Waals surface area contributed by atoms with Gasteiger partial charge in [-0.05, 0) is 74.7 Å². The number of rotatable bonds is 9. The average Bonchev–Trinajstić information content (AvgIpc) is 3.27. The summed E-state index contributed by atoms with van der Waals surface area (Å²) in [4.78, 5) is 16.4. The molecule has 2 fully saturated rings. The predicted octanol–water partition coefficient (Wildman–Crippen LogP) is 5.98. The van der Waals surface area contributed by atoms with E-state index in [0.717, 1.165) is 4.90 Å². The molecule has 2 aromatic heterocycles. The molecule has 0 spiro atoms. The minimum Gasteiger partial charge on any atom is -0.508 e. The maximum absolute atomic E-state index is 17.3. The maximum Gasteiger partial charge on any atom is 0.319 e. The molecule has 2 aromatic carbocycles. The fourth-order valence-electron chi connectivity index (χ4n) is 7.12. The first kappa shape index (κ1) is 31.9. The number of aliphatic hydroxyl groups is 1. The van der Waals surface area contributed by atoms with Crippen LogP contribution in [0.5, 0.6) is 17.6 Å². The molecule has 2 N–H and O–H groups in total. The predicted molar refractivity (Wildman–Crippen MR) is 181 cm³/mol. The summed E-state index contributed by atoms with van der Waals surface area (Å²) in [5.41, 5.74) is -3.04. The summed E-state index contributed by atoms with van der Waals surface area (Å²) in [6.07, 6.45) is -2.63. The van der Waals surface area contributed by atoms with Gasteiger partial charge in [-0.1, -0.05) is 19.9 Å². The molecule has 50 heavy (non-hydrogen) atoms. The summed E-state index contributed by atoms with van der Waals surface area (Å²) in [6.45, 7) is 3.68. The number of alkyl halides is 2. The minimum atomic E-state index is -2.77. The van der Waals surface area contributed by atoms with E-state index in [4.69, 9.17) is 18.3 Å². The van der Waals surface area contributed by atoms with Crippen LogP contribution in [0.3, 0.4) is 0 Å². The van der Waals surface area contributed by atoms with Gasteiger partial charge in [-0.15, -0.1) is 0 Å². The summed E-state index contributed by atoms with van der Waals surface area (Å²) in [7, 11) is 0. The molecular weight excluding hydrogens is 658 g/mol. The van der Waals surface area contributed by atoms with Crippen LogP contribution in [0, 0.1) is 23.0 Å². The first-order valence-electron chi connectivity index (χ1n) is 18.2. The number of halogens is 4. The molecule has 2 saturated heterocycles. The Morgan fingerprint density at radius 3 is 2.60 bits per heavy atom. The number of hydrogen-bond acceptors (Lipinski definition) is 10. The maximum atomic E-state index is 17.3. The highest BCUT2D eigenvalue weighted by Crippen LogP contribution is 2.43. The number of aromatic nitrogens is 3. The van der Waals surface area contributed by atoms with Crippen LogP contribution in [0.4, 0.5) is 23.4 Å². The van der Waals surface area contributed by atoms with Crippen LogP contribution in [0.25, 0.3) is 32.9 Å². The van der Waals surface area contributed by atoms with E-state index in [1.165, 1.54) is 31.2 Å². The summed E-state index contributed by atoms with van der Waals surface area (Å²) < 4.78 is 103. The van der Waals surface area contributed by atoms with E-state index in [9.17, 15) is 19.0 Å². The highest BCUT2D eigenvalue weighted by atomic mass is 19.3. The van der Waals surface area contributed by atoms with Crippen LogP contribution in [-0.2, 0) is 11.2 Å². The lowest BCUT2D eigenvalue weighted by Crippen LogP contribution is -2.51. The lowest BCUT2D eigenvalue weighted by atomic mass is 9.73. The van der Waals surface area contributed by atoms with Gasteiger partial charge in [-0.25, -0.2) is 22.5 Å². The summed E-state index contributed by atoms with van der Waals surface area (Å²) >= 11 is 0. The summed E-state index contributed by atoms with van der Waals surface area (Å²) in [5.74, 6) is -2.99. The lowest BCUT2D eigenvalue weighted by Gasteiger charge is -2.44. The van der Waals surface area contributed by atoms with Gasteiger partial charge in [0, 0.05) is 34.1 Å². The Morgan fingerprint density at radius 1 is 1.08 bits per heavy atom. The van der Waals surface area contributed by atoms with Crippen LogP contribution in [-0.4, -0.2) is 102 Å². The number of hydrogen-bond donors (Lipinski definition) is 2. The van der Waals surface area contributed by atoms with Crippen molar-refractivity contribution >= 4 is 27.5 Å². The van der Waals surface area contributed by atoms with Crippen molar-refractivity contribution in [3.8, 4) is 28.9 Å². The van der Waals surface area contributed by atoms with E-state index in [-0.39, 0.29) is 104 Å². The molecule has 4 aromatic rings. The second-order valence-corrected chi connectivity index (χ2v) is 13.6. The summed E-state index contributed by atoms with van der Waals surface area (Å²) in [6, 6.07) is 5.05. The smallest absolute Gasteiger partial charge is 0.319 e. The molecule has 4 heterocycles. The number of nitrogens with zero attached hydrogens (tertiary/aromatic N) is 5. The molecule has 0 amide bonds. The van der Waals surface area contributed by atoms with Gasteiger partial charge in [-0.2, -0.15) is 9.97 Å². The fourth-order valence-corrected chi connectivity index (χ4v) is 7.12. The Kier molecular flexibility index (Phi) is 8.91. The standard InChI is InChI=1S/C36H43F4N5O5/c1-6-22-25(37)9-8-20-14-21(46)15-23(26(20)22)29-28(38)30-27(33(41-29)49-7-2)32(45-12-13-48-19-36(4,47)17-45)43-34(42-30)50-18-35(3)16-44(5)11-10-24(35)31(39)40/h8-9,14-15,24,31,46-47H,6-7,10-13,16-19H2,1-5H3/t24-,35+,36+/m1/s1/i5D3. The number of fused-ring (bicyclic) bond motifs is 2. The van der Waals surface area contributed by atoms with Crippen LogP contribution in [0.2, 0.25) is 0 Å². The highest BCUT2D eigenvalue weighted by molar-refractivity contribution is 6.03. The molecule has 2 aliphatic heterocycles.